The van der Waals surface area contributed by atoms with Crippen LogP contribution in [0.5, 0.6) is 0 Å². The largest absolute Gasteiger partial charge is 0.337 e. The third kappa shape index (κ3) is 4.57. The van der Waals surface area contributed by atoms with Gasteiger partial charge in [0, 0.05) is 18.5 Å². The zero-order valence-electron chi connectivity index (χ0n) is 12.4. The molecule has 118 valence electrons. The van der Waals surface area contributed by atoms with Gasteiger partial charge in [-0.05, 0) is 52.6 Å². The molecule has 0 aliphatic rings. The molecule has 0 aliphatic heterocycles. The van der Waals surface area contributed by atoms with Crippen LogP contribution in [0.25, 0.3) is 0 Å². The number of amides is 2. The number of hydrogen-bond acceptors (Lipinski definition) is 4. The minimum Gasteiger partial charge on any atom is -0.337 e. The second-order valence-corrected chi connectivity index (χ2v) is 7.89. The maximum absolute atomic E-state index is 11.8. The van der Waals surface area contributed by atoms with E-state index in [1.807, 2.05) is 18.4 Å². The maximum Gasteiger partial charge on any atom is 0.319 e. The highest BCUT2D eigenvalue weighted by atomic mass is 32.2. The van der Waals surface area contributed by atoms with Crippen LogP contribution in [0.4, 0.5) is 10.5 Å². The monoisotopic (exact) mass is 338 g/mol. The van der Waals surface area contributed by atoms with Crippen LogP contribution in [0.3, 0.4) is 0 Å². The van der Waals surface area contributed by atoms with Gasteiger partial charge < -0.3 is 10.6 Å². The second-order valence-electron chi connectivity index (χ2n) is 5.09. The number of nitrogens with one attached hydrogen (secondary N) is 2. The topological polar surface area (TPSA) is 75.3 Å². The van der Waals surface area contributed by atoms with Gasteiger partial charge in [-0.1, -0.05) is 6.92 Å². The van der Waals surface area contributed by atoms with Crippen LogP contribution < -0.4 is 10.6 Å². The maximum atomic E-state index is 11.8. The molecular weight excluding hydrogens is 320 g/mol. The van der Waals surface area contributed by atoms with Crippen LogP contribution in [0.15, 0.2) is 46.0 Å². The molecule has 0 spiro atoms. The quantitative estimate of drug-likeness (QED) is 0.880. The van der Waals surface area contributed by atoms with Crippen molar-refractivity contribution in [2.24, 2.45) is 0 Å². The van der Waals surface area contributed by atoms with Gasteiger partial charge in [-0.3, -0.25) is 0 Å². The van der Waals surface area contributed by atoms with E-state index in [0.717, 1.165) is 6.26 Å². The van der Waals surface area contributed by atoms with Crippen molar-refractivity contribution in [3.63, 3.8) is 0 Å². The molecule has 2 rings (SSSR count). The minimum absolute atomic E-state index is 0.226. The lowest BCUT2D eigenvalue weighted by Crippen LogP contribution is -2.31. The Bertz CT molecular complexity index is 723. The van der Waals surface area contributed by atoms with E-state index in [4.69, 9.17) is 0 Å². The highest BCUT2D eigenvalue weighted by Crippen LogP contribution is 2.17. The molecule has 1 atom stereocenters. The predicted molar refractivity (Wildman–Crippen MR) is 89.3 cm³/mol. The molecule has 0 bridgehead atoms. The van der Waals surface area contributed by atoms with Crippen molar-refractivity contribution in [3.05, 3.63) is 46.7 Å². The van der Waals surface area contributed by atoms with Gasteiger partial charge in [0.05, 0.1) is 4.90 Å². The molecule has 1 heterocycles. The van der Waals surface area contributed by atoms with Gasteiger partial charge in [-0.2, -0.15) is 11.3 Å². The van der Waals surface area contributed by atoms with E-state index in [1.54, 1.807) is 23.5 Å². The molecule has 5 nitrogen and oxygen atoms in total. The summed E-state index contributed by atoms with van der Waals surface area (Å²) in [5.41, 5.74) is 1.75. The third-order valence-electron chi connectivity index (χ3n) is 3.22. The Morgan fingerprint density at radius 2 is 1.91 bits per heavy atom. The molecule has 1 aromatic heterocycles. The van der Waals surface area contributed by atoms with Gasteiger partial charge in [-0.25, -0.2) is 13.2 Å². The van der Waals surface area contributed by atoms with Crippen LogP contribution >= 0.6 is 11.3 Å². The van der Waals surface area contributed by atoms with Gasteiger partial charge in [0.1, 0.15) is 0 Å². The summed E-state index contributed by atoms with van der Waals surface area (Å²) in [7, 11) is -3.22. The number of sulfone groups is 1. The zero-order valence-corrected chi connectivity index (χ0v) is 14.0. The number of carbonyl (C=O) groups is 1. The van der Waals surface area contributed by atoms with E-state index in [0.29, 0.717) is 12.2 Å². The van der Waals surface area contributed by atoms with Gasteiger partial charge >= 0.3 is 6.03 Å². The second kappa shape index (κ2) is 6.93. The number of thiophene rings is 1. The van der Waals surface area contributed by atoms with E-state index in [9.17, 15) is 13.2 Å². The number of benzene rings is 1. The van der Waals surface area contributed by atoms with E-state index < -0.39 is 9.84 Å². The fraction of sp³-hybridized carbons (Fsp3) is 0.267. The number of anilines is 1. The van der Waals surface area contributed by atoms with Gasteiger partial charge in [0.15, 0.2) is 9.84 Å². The standard InChI is InChI=1S/C15H18N2O3S2/c1-11(12-7-8-21-10-12)9-16-15(18)17-13-3-5-14(6-4-13)22(2,19)20/h3-8,10-11H,9H2,1-2H3,(H2,16,17,18)/t11-/m0/s1. The van der Waals surface area contributed by atoms with Crippen molar-refractivity contribution >= 4 is 32.9 Å². The first-order valence-electron chi connectivity index (χ1n) is 6.73. The Balaban J connectivity index is 1.87. The molecule has 0 saturated heterocycles. The van der Waals surface area contributed by atoms with Crippen molar-refractivity contribution < 1.29 is 13.2 Å². The minimum atomic E-state index is -3.22. The summed E-state index contributed by atoms with van der Waals surface area (Å²) in [6.07, 6.45) is 1.15. The van der Waals surface area contributed by atoms with E-state index in [-0.39, 0.29) is 16.8 Å². The molecule has 0 fully saturated rings. The smallest absolute Gasteiger partial charge is 0.319 e. The Kier molecular flexibility index (Phi) is 5.20. The average molecular weight is 338 g/mol. The lowest BCUT2D eigenvalue weighted by atomic mass is 10.1. The first kappa shape index (κ1) is 16.5. The Labute approximate surface area is 134 Å². The molecule has 7 heteroatoms. The number of carbonyl (C=O) groups excluding carboxylic acids is 1. The summed E-state index contributed by atoms with van der Waals surface area (Å²) >= 11 is 1.63. The van der Waals surface area contributed by atoms with Gasteiger partial charge in [-0.15, -0.1) is 0 Å². The molecule has 1 aromatic carbocycles. The van der Waals surface area contributed by atoms with Crippen LogP contribution in [0.1, 0.15) is 18.4 Å². The molecular formula is C15H18N2O3S2. The van der Waals surface area contributed by atoms with Crippen LogP contribution in [-0.2, 0) is 9.84 Å². The third-order valence-corrected chi connectivity index (χ3v) is 5.05. The molecule has 0 unspecified atom stereocenters. The van der Waals surface area contributed by atoms with Crippen LogP contribution in [0, 0.1) is 0 Å². The predicted octanol–water partition coefficient (Wildman–Crippen LogP) is 3.08. The van der Waals surface area contributed by atoms with Crippen molar-refractivity contribution in [3.8, 4) is 0 Å². The summed E-state index contributed by atoms with van der Waals surface area (Å²) in [6, 6.07) is 7.81. The van der Waals surface area contributed by atoms with Gasteiger partial charge in [0.2, 0.25) is 0 Å². The first-order valence-corrected chi connectivity index (χ1v) is 9.57. The fourth-order valence-corrected chi connectivity index (χ4v) is 3.29. The summed E-state index contributed by atoms with van der Waals surface area (Å²) in [5.74, 6) is 0.240. The normalized spacial score (nSPS) is 12.6. The lowest BCUT2D eigenvalue weighted by molar-refractivity contribution is 0.251. The van der Waals surface area contributed by atoms with Crippen molar-refractivity contribution in [1.82, 2.24) is 5.32 Å². The molecule has 0 radical (unpaired) electrons. The molecule has 0 saturated carbocycles. The molecule has 0 aliphatic carbocycles. The highest BCUT2D eigenvalue weighted by molar-refractivity contribution is 7.90. The summed E-state index contributed by atoms with van der Waals surface area (Å²) < 4.78 is 22.7. The zero-order chi connectivity index (χ0) is 16.2. The molecule has 2 N–H and O–H groups in total. The van der Waals surface area contributed by atoms with Crippen molar-refractivity contribution in [2.75, 3.05) is 18.1 Å². The molecule has 2 aromatic rings. The Morgan fingerprint density at radius 1 is 1.23 bits per heavy atom. The van der Waals surface area contributed by atoms with E-state index >= 15 is 0 Å². The Morgan fingerprint density at radius 3 is 2.45 bits per heavy atom. The summed E-state index contributed by atoms with van der Waals surface area (Å²) in [6.45, 7) is 2.58. The van der Waals surface area contributed by atoms with Crippen LogP contribution in [-0.4, -0.2) is 27.2 Å². The number of urea groups is 1. The van der Waals surface area contributed by atoms with Crippen molar-refractivity contribution in [2.45, 2.75) is 17.7 Å². The van der Waals surface area contributed by atoms with Crippen molar-refractivity contribution in [1.29, 1.82) is 0 Å². The first-order chi connectivity index (χ1) is 10.4. The summed E-state index contributed by atoms with van der Waals surface area (Å²) in [4.78, 5) is 12.1. The fourth-order valence-electron chi connectivity index (χ4n) is 1.88. The highest BCUT2D eigenvalue weighted by Gasteiger charge is 2.09. The van der Waals surface area contributed by atoms with E-state index in [2.05, 4.69) is 16.0 Å². The number of rotatable bonds is 5. The Hall–Kier alpha value is -1.86. The SMILES string of the molecule is C[C@@H](CNC(=O)Nc1ccc(S(C)(=O)=O)cc1)c1ccsc1. The summed E-state index contributed by atoms with van der Waals surface area (Å²) in [5, 5.41) is 9.55. The molecule has 22 heavy (non-hydrogen) atoms. The average Bonchev–Trinajstić information content (AvgIpc) is 2.98. The van der Waals surface area contributed by atoms with Crippen LogP contribution in [0.2, 0.25) is 0 Å². The van der Waals surface area contributed by atoms with Gasteiger partial charge in [0.25, 0.3) is 0 Å². The lowest BCUT2D eigenvalue weighted by Gasteiger charge is -2.12. The van der Waals surface area contributed by atoms with E-state index in [1.165, 1.54) is 17.7 Å². The molecule has 2 amide bonds. The number of hydrogen-bond donors (Lipinski definition) is 2.